The maximum atomic E-state index is 12.7. The number of hydrogen-bond acceptors (Lipinski definition) is 11. The number of rotatable bonds is 5. The molecule has 0 saturated carbocycles. The number of anilines is 3. The van der Waals surface area contributed by atoms with Gasteiger partial charge in [-0.1, -0.05) is 18.2 Å². The molecule has 36 heavy (non-hydrogen) atoms. The average Bonchev–Trinajstić information content (AvgIpc) is 2.86. The van der Waals surface area contributed by atoms with E-state index in [2.05, 4.69) is 20.6 Å². The molecule has 1 atom stereocenters. The van der Waals surface area contributed by atoms with E-state index in [-0.39, 0.29) is 34.6 Å². The molecule has 0 bridgehead atoms. The molecule has 1 aliphatic rings. The first-order valence-electron chi connectivity index (χ1n) is 10.6. The molecule has 0 aliphatic carbocycles. The van der Waals surface area contributed by atoms with Crippen LogP contribution in [0.1, 0.15) is 40.0 Å². The summed E-state index contributed by atoms with van der Waals surface area (Å²) in [5.74, 6) is 0.371. The van der Waals surface area contributed by atoms with Crippen LogP contribution in [-0.2, 0) is 0 Å². The largest absolute Gasteiger partial charge is 0.490 e. The fourth-order valence-electron chi connectivity index (χ4n) is 3.66. The number of nitrogens with two attached hydrogens (primary N) is 2. The standard InChI is InChI=1S/C24H19IN8O3/c1-2-35-16-9-13(8-15(25)20(16)36-23(34)12-6-4-3-5-7-12)19-17-18(28)14(10-26)21(29)32-22(17)33-24(31-19)30-11-27/h3-9,19H,2H2,1H3,(H6,28,29,30,31,32,33). The summed E-state index contributed by atoms with van der Waals surface area (Å²) in [7, 11) is 0. The average molecular weight is 594 g/mol. The molecule has 1 aromatic heterocycles. The van der Waals surface area contributed by atoms with Gasteiger partial charge in [0.25, 0.3) is 0 Å². The van der Waals surface area contributed by atoms with Crippen molar-refractivity contribution in [3.63, 3.8) is 0 Å². The number of carbonyl (C=O) groups is 1. The lowest BCUT2D eigenvalue weighted by Crippen LogP contribution is -2.32. The van der Waals surface area contributed by atoms with Crippen molar-refractivity contribution in [2.75, 3.05) is 23.4 Å². The highest BCUT2D eigenvalue weighted by Gasteiger charge is 2.31. The minimum atomic E-state index is -0.774. The molecule has 180 valence electrons. The lowest BCUT2D eigenvalue weighted by molar-refractivity contribution is 0.0727. The van der Waals surface area contributed by atoms with E-state index < -0.39 is 12.0 Å². The lowest BCUT2D eigenvalue weighted by Gasteiger charge is -2.27. The van der Waals surface area contributed by atoms with E-state index in [9.17, 15) is 10.1 Å². The number of nitrogens with zero attached hydrogens (tertiary/aromatic N) is 4. The van der Waals surface area contributed by atoms with Crippen LogP contribution < -0.4 is 31.6 Å². The summed E-state index contributed by atoms with van der Waals surface area (Å²) in [6.07, 6.45) is 1.81. The Kier molecular flexibility index (Phi) is 7.07. The van der Waals surface area contributed by atoms with Gasteiger partial charge in [0, 0.05) is 5.56 Å². The van der Waals surface area contributed by atoms with E-state index in [0.717, 1.165) is 0 Å². The normalized spacial score (nSPS) is 13.8. The predicted octanol–water partition coefficient (Wildman–Crippen LogP) is 3.28. The van der Waals surface area contributed by atoms with E-state index in [4.69, 9.17) is 26.2 Å². The van der Waals surface area contributed by atoms with Crippen LogP contribution in [0.5, 0.6) is 11.5 Å². The maximum Gasteiger partial charge on any atom is 0.343 e. The molecule has 3 aromatic rings. The first kappa shape index (κ1) is 24.6. The number of fused-ring (bicyclic) bond motifs is 1. The summed E-state index contributed by atoms with van der Waals surface area (Å²) in [6.45, 7) is 2.11. The number of aliphatic imine (C=N–C) groups is 1. The number of ether oxygens (including phenoxy) is 2. The molecule has 11 nitrogen and oxygen atoms in total. The highest BCUT2D eigenvalue weighted by Crippen LogP contribution is 2.44. The summed E-state index contributed by atoms with van der Waals surface area (Å²) >= 11 is 2.04. The van der Waals surface area contributed by atoms with Gasteiger partial charge in [0.15, 0.2) is 17.7 Å². The Bertz CT molecular complexity index is 1460. The van der Waals surface area contributed by atoms with Gasteiger partial charge in [0.1, 0.15) is 29.3 Å². The molecule has 2 heterocycles. The fraction of sp³-hybridized carbons (Fsp3) is 0.125. The highest BCUT2D eigenvalue weighted by atomic mass is 127. The van der Waals surface area contributed by atoms with Gasteiger partial charge < -0.3 is 26.3 Å². The van der Waals surface area contributed by atoms with Crippen LogP contribution in [0, 0.1) is 26.4 Å². The molecular formula is C24H19IN8O3. The molecule has 0 spiro atoms. The van der Waals surface area contributed by atoms with Gasteiger partial charge in [-0.15, -0.1) is 0 Å². The van der Waals surface area contributed by atoms with Gasteiger partial charge in [0.05, 0.1) is 21.4 Å². The van der Waals surface area contributed by atoms with Gasteiger partial charge in [-0.3, -0.25) is 5.32 Å². The summed E-state index contributed by atoms with van der Waals surface area (Å²) < 4.78 is 12.1. The van der Waals surface area contributed by atoms with Crippen molar-refractivity contribution in [1.82, 2.24) is 10.3 Å². The van der Waals surface area contributed by atoms with Gasteiger partial charge in [0.2, 0.25) is 5.96 Å². The number of aromatic nitrogens is 1. The van der Waals surface area contributed by atoms with Gasteiger partial charge in [-0.05, 0) is 59.3 Å². The number of carbonyl (C=O) groups excluding carboxylic acids is 1. The number of nitrogens with one attached hydrogen (secondary N) is 2. The minimum absolute atomic E-state index is 0.0283. The van der Waals surface area contributed by atoms with Crippen molar-refractivity contribution in [3.05, 3.63) is 68.3 Å². The maximum absolute atomic E-state index is 12.7. The molecule has 1 unspecified atom stereocenters. The van der Waals surface area contributed by atoms with Crippen LogP contribution in [0.15, 0.2) is 47.5 Å². The number of nitriles is 2. The van der Waals surface area contributed by atoms with E-state index in [1.54, 1.807) is 49.4 Å². The number of esters is 1. The first-order chi connectivity index (χ1) is 17.4. The molecule has 2 aromatic carbocycles. The molecule has 4 rings (SSSR count). The number of hydrogen-bond donors (Lipinski definition) is 4. The molecule has 12 heteroatoms. The number of benzene rings is 2. The Balaban J connectivity index is 1.84. The van der Waals surface area contributed by atoms with E-state index in [0.29, 0.717) is 32.6 Å². The van der Waals surface area contributed by atoms with E-state index in [1.165, 1.54) is 0 Å². The summed E-state index contributed by atoms with van der Waals surface area (Å²) in [4.78, 5) is 21.5. The molecular weight excluding hydrogens is 575 g/mol. The molecule has 0 radical (unpaired) electrons. The van der Waals surface area contributed by atoms with E-state index in [1.807, 2.05) is 34.9 Å². The Morgan fingerprint density at radius 3 is 2.67 bits per heavy atom. The summed E-state index contributed by atoms with van der Waals surface area (Å²) in [5, 5.41) is 24.0. The van der Waals surface area contributed by atoms with Gasteiger partial charge >= 0.3 is 5.97 Å². The van der Waals surface area contributed by atoms with Crippen LogP contribution in [0.25, 0.3) is 0 Å². The Morgan fingerprint density at radius 2 is 2.00 bits per heavy atom. The second-order valence-electron chi connectivity index (χ2n) is 7.42. The predicted molar refractivity (Wildman–Crippen MR) is 141 cm³/mol. The van der Waals surface area contributed by atoms with Crippen molar-refractivity contribution >= 4 is 51.8 Å². The minimum Gasteiger partial charge on any atom is -0.490 e. The third-order valence-corrected chi connectivity index (χ3v) is 6.01. The zero-order valence-corrected chi connectivity index (χ0v) is 21.0. The van der Waals surface area contributed by atoms with Crippen molar-refractivity contribution in [2.24, 2.45) is 4.99 Å². The second-order valence-corrected chi connectivity index (χ2v) is 8.58. The molecule has 0 amide bonds. The topological polar surface area (TPSA) is 184 Å². The van der Waals surface area contributed by atoms with Crippen molar-refractivity contribution in [3.8, 4) is 23.8 Å². The third-order valence-electron chi connectivity index (χ3n) is 5.21. The smallest absolute Gasteiger partial charge is 0.343 e. The van der Waals surface area contributed by atoms with Crippen LogP contribution in [0.2, 0.25) is 0 Å². The second kappa shape index (κ2) is 10.4. The monoisotopic (exact) mass is 594 g/mol. The van der Waals surface area contributed by atoms with E-state index >= 15 is 0 Å². The molecule has 0 fully saturated rings. The Morgan fingerprint density at radius 1 is 1.25 bits per heavy atom. The summed E-state index contributed by atoms with van der Waals surface area (Å²) in [5.41, 5.74) is 13.8. The number of guanidine groups is 1. The van der Waals surface area contributed by atoms with Gasteiger partial charge in [-0.2, -0.15) is 10.5 Å². The summed E-state index contributed by atoms with van der Waals surface area (Å²) in [6, 6.07) is 13.2. The Hall–Kier alpha value is -4.56. The zero-order chi connectivity index (χ0) is 25.8. The first-order valence-corrected chi connectivity index (χ1v) is 11.7. The number of halogens is 1. The van der Waals surface area contributed by atoms with Crippen LogP contribution in [0.3, 0.4) is 0 Å². The number of nitrogen functional groups attached to an aromatic ring is 2. The SMILES string of the molecule is CCOc1cc(C2N=C(NC#N)Nc3nc(N)c(C#N)c(N)c32)cc(I)c1OC(=O)c1ccccc1. The molecule has 6 N–H and O–H groups in total. The third kappa shape index (κ3) is 4.67. The van der Waals surface area contributed by atoms with Crippen molar-refractivity contribution in [2.45, 2.75) is 13.0 Å². The Labute approximate surface area is 219 Å². The van der Waals surface area contributed by atoms with Crippen LogP contribution in [0.4, 0.5) is 17.3 Å². The van der Waals surface area contributed by atoms with Crippen LogP contribution in [-0.4, -0.2) is 23.5 Å². The fourth-order valence-corrected chi connectivity index (χ4v) is 4.39. The zero-order valence-electron chi connectivity index (χ0n) is 18.9. The quantitative estimate of drug-likeness (QED) is 0.112. The van der Waals surface area contributed by atoms with Crippen molar-refractivity contribution in [1.29, 1.82) is 10.5 Å². The lowest BCUT2D eigenvalue weighted by atomic mass is 9.95. The van der Waals surface area contributed by atoms with Crippen molar-refractivity contribution < 1.29 is 14.3 Å². The highest BCUT2D eigenvalue weighted by molar-refractivity contribution is 14.1. The molecule has 1 aliphatic heterocycles. The molecule has 0 saturated heterocycles. The van der Waals surface area contributed by atoms with Crippen LogP contribution >= 0.6 is 22.6 Å². The number of pyridine rings is 1. The van der Waals surface area contributed by atoms with Gasteiger partial charge in [-0.25, -0.2) is 14.8 Å².